The van der Waals surface area contributed by atoms with Crippen molar-refractivity contribution in [3.05, 3.63) is 29.8 Å². The lowest BCUT2D eigenvalue weighted by Crippen LogP contribution is -2.29. The van der Waals surface area contributed by atoms with Crippen LogP contribution in [0.25, 0.3) is 0 Å². The fraction of sp³-hybridized carbons (Fsp3) is 0.400. The molecule has 2 N–H and O–H groups in total. The number of hydrogen-bond acceptors (Lipinski definition) is 4. The van der Waals surface area contributed by atoms with E-state index >= 15 is 0 Å². The second-order valence-corrected chi connectivity index (χ2v) is 5.45. The van der Waals surface area contributed by atoms with Gasteiger partial charge in [0.25, 0.3) is 5.91 Å². The summed E-state index contributed by atoms with van der Waals surface area (Å²) in [6.07, 6.45) is 2.72. The lowest BCUT2D eigenvalue weighted by molar-refractivity contribution is 0.0948. The van der Waals surface area contributed by atoms with E-state index in [0.717, 1.165) is 6.26 Å². The number of carbonyl (C=O) groups excluding carboxylic acids is 1. The number of halogens is 1. The van der Waals surface area contributed by atoms with E-state index in [9.17, 15) is 17.6 Å². The molecule has 1 rings (SSSR count). The van der Waals surface area contributed by atoms with Crippen molar-refractivity contribution in [2.24, 2.45) is 0 Å². The highest BCUT2D eigenvalue weighted by atomic mass is 32.2. The van der Waals surface area contributed by atoms with Gasteiger partial charge in [0.2, 0.25) is 16.0 Å². The summed E-state index contributed by atoms with van der Waals surface area (Å²) in [6, 6.07) is 2.79. The van der Waals surface area contributed by atoms with Crippen LogP contribution in [0.15, 0.2) is 18.3 Å². The largest absolute Gasteiger partial charge is 0.352 e. The zero-order valence-corrected chi connectivity index (χ0v) is 10.6. The van der Waals surface area contributed by atoms with Crippen LogP contribution in [0.1, 0.15) is 16.8 Å². The van der Waals surface area contributed by atoms with E-state index in [-0.39, 0.29) is 18.7 Å². The first-order valence-electron chi connectivity index (χ1n) is 5.23. The van der Waals surface area contributed by atoms with Crippen LogP contribution in [0.5, 0.6) is 0 Å². The number of rotatable bonds is 6. The number of carbonyl (C=O) groups is 1. The minimum absolute atomic E-state index is 0.131. The van der Waals surface area contributed by atoms with Gasteiger partial charge in [-0.25, -0.2) is 18.1 Å². The van der Waals surface area contributed by atoms with Crippen molar-refractivity contribution in [1.29, 1.82) is 0 Å². The summed E-state index contributed by atoms with van der Waals surface area (Å²) in [5.41, 5.74) is -0.131. The first-order chi connectivity index (χ1) is 8.40. The summed E-state index contributed by atoms with van der Waals surface area (Å²) >= 11 is 0. The number of hydrogen-bond donors (Lipinski definition) is 2. The third-order valence-corrected chi connectivity index (χ3v) is 2.74. The van der Waals surface area contributed by atoms with E-state index in [0.29, 0.717) is 6.42 Å². The minimum atomic E-state index is -3.22. The average Bonchev–Trinajstić information content (AvgIpc) is 2.27. The molecule has 0 aliphatic carbocycles. The summed E-state index contributed by atoms with van der Waals surface area (Å²) < 4.78 is 36.9. The van der Waals surface area contributed by atoms with Gasteiger partial charge in [0, 0.05) is 19.3 Å². The van der Waals surface area contributed by atoms with Crippen LogP contribution in [0, 0.1) is 5.95 Å². The van der Waals surface area contributed by atoms with Crippen molar-refractivity contribution in [3.8, 4) is 0 Å². The third-order valence-electron chi connectivity index (χ3n) is 2.01. The maximum Gasteiger partial charge on any atom is 0.255 e. The van der Waals surface area contributed by atoms with Gasteiger partial charge in [-0.1, -0.05) is 0 Å². The zero-order chi connectivity index (χ0) is 13.6. The predicted octanol–water partition coefficient (Wildman–Crippen LogP) is -0.110. The Morgan fingerprint density at radius 3 is 2.78 bits per heavy atom. The highest BCUT2D eigenvalue weighted by Gasteiger charge is 2.10. The minimum Gasteiger partial charge on any atom is -0.352 e. The van der Waals surface area contributed by atoms with Crippen LogP contribution < -0.4 is 10.0 Å². The lowest BCUT2D eigenvalue weighted by atomic mass is 10.2. The molecule has 1 aromatic rings. The smallest absolute Gasteiger partial charge is 0.255 e. The Labute approximate surface area is 105 Å². The molecule has 6 nitrogen and oxygen atoms in total. The van der Waals surface area contributed by atoms with Crippen LogP contribution in [-0.4, -0.2) is 38.7 Å². The number of nitrogens with one attached hydrogen (secondary N) is 2. The number of nitrogens with zero attached hydrogens (tertiary/aromatic N) is 1. The van der Waals surface area contributed by atoms with Crippen molar-refractivity contribution in [1.82, 2.24) is 15.0 Å². The van der Waals surface area contributed by atoms with Crippen molar-refractivity contribution in [2.45, 2.75) is 6.42 Å². The summed E-state index contributed by atoms with van der Waals surface area (Å²) in [6.45, 7) is 0.463. The topological polar surface area (TPSA) is 88.2 Å². The first-order valence-corrected chi connectivity index (χ1v) is 7.12. The summed E-state index contributed by atoms with van der Waals surface area (Å²) in [5, 5.41) is 2.47. The van der Waals surface area contributed by atoms with Crippen LogP contribution in [0.2, 0.25) is 0 Å². The van der Waals surface area contributed by atoms with Crippen molar-refractivity contribution < 1.29 is 17.6 Å². The van der Waals surface area contributed by atoms with Crippen molar-refractivity contribution in [2.75, 3.05) is 19.3 Å². The van der Waals surface area contributed by atoms with Crippen LogP contribution >= 0.6 is 0 Å². The Morgan fingerprint density at radius 2 is 2.17 bits per heavy atom. The summed E-state index contributed by atoms with van der Waals surface area (Å²) in [7, 11) is -3.22. The maximum atomic E-state index is 13.1. The second kappa shape index (κ2) is 6.41. The SMILES string of the molecule is CS(=O)(=O)NCCCNC(=O)c1cccnc1F. The Hall–Kier alpha value is -1.54. The van der Waals surface area contributed by atoms with Gasteiger partial charge in [-0.2, -0.15) is 4.39 Å². The summed E-state index contributed by atoms with van der Waals surface area (Å²) in [4.78, 5) is 14.9. The van der Waals surface area contributed by atoms with E-state index < -0.39 is 21.9 Å². The van der Waals surface area contributed by atoms with Gasteiger partial charge in [0.15, 0.2) is 0 Å². The molecule has 0 aliphatic rings. The molecule has 100 valence electrons. The van der Waals surface area contributed by atoms with E-state index in [1.165, 1.54) is 18.3 Å². The standard InChI is InChI=1S/C10H14FN3O3S/c1-18(16,17)14-7-3-6-13-10(15)8-4-2-5-12-9(8)11/h2,4-5,14H,3,6-7H2,1H3,(H,13,15). The number of amides is 1. The fourth-order valence-corrected chi connectivity index (χ4v) is 1.71. The van der Waals surface area contributed by atoms with Crippen LogP contribution in [-0.2, 0) is 10.0 Å². The van der Waals surface area contributed by atoms with Gasteiger partial charge >= 0.3 is 0 Å². The molecule has 0 saturated heterocycles. The van der Waals surface area contributed by atoms with E-state index in [4.69, 9.17) is 0 Å². The van der Waals surface area contributed by atoms with Gasteiger partial charge < -0.3 is 5.32 Å². The van der Waals surface area contributed by atoms with Gasteiger partial charge in [0.1, 0.15) is 0 Å². The molecular formula is C10H14FN3O3S. The molecule has 1 amide bonds. The Morgan fingerprint density at radius 1 is 1.44 bits per heavy atom. The number of aromatic nitrogens is 1. The van der Waals surface area contributed by atoms with Gasteiger partial charge in [-0.05, 0) is 18.6 Å². The molecule has 0 radical (unpaired) electrons. The molecule has 0 spiro atoms. The fourth-order valence-electron chi connectivity index (χ4n) is 1.20. The van der Waals surface area contributed by atoms with Crippen molar-refractivity contribution in [3.63, 3.8) is 0 Å². The molecule has 0 aliphatic heterocycles. The Bertz CT molecular complexity index is 519. The van der Waals surface area contributed by atoms with Gasteiger partial charge in [-0.3, -0.25) is 4.79 Å². The monoisotopic (exact) mass is 275 g/mol. The molecular weight excluding hydrogens is 261 g/mol. The lowest BCUT2D eigenvalue weighted by Gasteiger charge is -2.05. The second-order valence-electron chi connectivity index (χ2n) is 3.62. The van der Waals surface area contributed by atoms with Gasteiger partial charge in [-0.15, -0.1) is 0 Å². The number of sulfonamides is 1. The Balaban J connectivity index is 2.33. The quantitative estimate of drug-likeness (QED) is 0.560. The molecule has 18 heavy (non-hydrogen) atoms. The normalized spacial score (nSPS) is 11.2. The zero-order valence-electron chi connectivity index (χ0n) is 9.81. The molecule has 0 atom stereocenters. The molecule has 0 fully saturated rings. The first kappa shape index (κ1) is 14.5. The highest BCUT2D eigenvalue weighted by Crippen LogP contribution is 2.02. The van der Waals surface area contributed by atoms with E-state index in [1.807, 2.05) is 0 Å². The molecule has 0 saturated carbocycles. The van der Waals surface area contributed by atoms with E-state index in [1.54, 1.807) is 0 Å². The van der Waals surface area contributed by atoms with Crippen LogP contribution in [0.4, 0.5) is 4.39 Å². The molecule has 1 aromatic heterocycles. The third kappa shape index (κ3) is 5.19. The molecule has 0 bridgehead atoms. The molecule has 1 heterocycles. The van der Waals surface area contributed by atoms with Crippen molar-refractivity contribution >= 4 is 15.9 Å². The maximum absolute atomic E-state index is 13.1. The Kier molecular flexibility index (Phi) is 5.17. The molecule has 8 heteroatoms. The molecule has 0 unspecified atom stereocenters. The van der Waals surface area contributed by atoms with Gasteiger partial charge in [0.05, 0.1) is 11.8 Å². The van der Waals surface area contributed by atoms with E-state index in [2.05, 4.69) is 15.0 Å². The highest BCUT2D eigenvalue weighted by molar-refractivity contribution is 7.88. The predicted molar refractivity (Wildman–Crippen MR) is 64.0 cm³/mol. The summed E-state index contributed by atoms with van der Waals surface area (Å²) in [5.74, 6) is -1.40. The van der Waals surface area contributed by atoms with Crippen LogP contribution in [0.3, 0.4) is 0 Å². The molecule has 0 aromatic carbocycles. The number of pyridine rings is 1. The average molecular weight is 275 g/mol.